The Morgan fingerprint density at radius 3 is 2.10 bits per heavy atom. The number of hydrogen-bond donors (Lipinski definition) is 2. The second-order valence-electron chi connectivity index (χ2n) is 6.56. The maximum atomic E-state index is 12.5. The smallest absolute Gasteiger partial charge is 0.265 e. The minimum Gasteiger partial charge on any atom is -0.481 e. The third-order valence-corrected chi connectivity index (χ3v) is 4.40. The largest absolute Gasteiger partial charge is 0.481 e. The number of ether oxygens (including phenoxy) is 1. The molecular formula is C24H24N2O3. The van der Waals surface area contributed by atoms with Gasteiger partial charge in [0.1, 0.15) is 5.75 Å². The van der Waals surface area contributed by atoms with Crippen LogP contribution in [-0.2, 0) is 11.3 Å². The molecule has 0 aliphatic rings. The molecule has 0 saturated heterocycles. The van der Waals surface area contributed by atoms with Crippen LogP contribution in [0.2, 0.25) is 0 Å². The molecule has 1 atom stereocenters. The second kappa shape index (κ2) is 10.1. The van der Waals surface area contributed by atoms with E-state index in [4.69, 9.17) is 4.74 Å². The maximum Gasteiger partial charge on any atom is 0.265 e. The van der Waals surface area contributed by atoms with Crippen LogP contribution in [0.4, 0.5) is 5.69 Å². The molecule has 5 heteroatoms. The van der Waals surface area contributed by atoms with Crippen LogP contribution in [0, 0.1) is 0 Å². The van der Waals surface area contributed by atoms with Crippen molar-refractivity contribution in [3.05, 3.63) is 96.1 Å². The van der Waals surface area contributed by atoms with E-state index >= 15 is 0 Å². The third kappa shape index (κ3) is 5.94. The first-order chi connectivity index (χ1) is 14.2. The van der Waals surface area contributed by atoms with Gasteiger partial charge < -0.3 is 15.4 Å². The highest BCUT2D eigenvalue weighted by atomic mass is 16.5. The topological polar surface area (TPSA) is 67.4 Å². The average Bonchev–Trinajstić information content (AvgIpc) is 2.77. The molecule has 3 aromatic rings. The summed E-state index contributed by atoms with van der Waals surface area (Å²) in [7, 11) is 0. The predicted molar refractivity (Wildman–Crippen MR) is 114 cm³/mol. The highest BCUT2D eigenvalue weighted by molar-refractivity contribution is 5.97. The Morgan fingerprint density at radius 1 is 0.862 bits per heavy atom. The Morgan fingerprint density at radius 2 is 1.48 bits per heavy atom. The summed E-state index contributed by atoms with van der Waals surface area (Å²) < 4.78 is 5.76. The fourth-order valence-electron chi connectivity index (χ4n) is 2.79. The van der Waals surface area contributed by atoms with E-state index in [9.17, 15) is 9.59 Å². The van der Waals surface area contributed by atoms with Crippen LogP contribution in [0.1, 0.15) is 29.3 Å². The number of rotatable bonds is 8. The lowest BCUT2D eigenvalue weighted by molar-refractivity contribution is -0.122. The minimum absolute atomic E-state index is 0.162. The Labute approximate surface area is 170 Å². The highest BCUT2D eigenvalue weighted by Crippen LogP contribution is 2.15. The van der Waals surface area contributed by atoms with Gasteiger partial charge in [0.05, 0.1) is 0 Å². The van der Waals surface area contributed by atoms with Crippen molar-refractivity contribution in [3.8, 4) is 5.75 Å². The molecule has 2 amide bonds. The number of anilines is 1. The number of amides is 2. The van der Waals surface area contributed by atoms with Gasteiger partial charge in [0.2, 0.25) is 0 Å². The summed E-state index contributed by atoms with van der Waals surface area (Å²) in [5, 5.41) is 5.73. The van der Waals surface area contributed by atoms with Gasteiger partial charge >= 0.3 is 0 Å². The van der Waals surface area contributed by atoms with E-state index in [0.29, 0.717) is 30.0 Å². The van der Waals surface area contributed by atoms with Crippen LogP contribution in [0.15, 0.2) is 84.9 Å². The number of carbonyl (C=O) groups excluding carboxylic acids is 2. The zero-order chi connectivity index (χ0) is 20.5. The second-order valence-corrected chi connectivity index (χ2v) is 6.56. The standard InChI is InChI=1S/C24H24N2O3/c1-2-22(29-21-11-7-4-8-12-21)24(28)26-20-15-13-19(14-16-20)23(27)25-17-18-9-5-3-6-10-18/h3-16,22H,2,17H2,1H3,(H,25,27)(H,26,28). The number of para-hydroxylation sites is 1. The molecule has 148 valence electrons. The first-order valence-corrected chi connectivity index (χ1v) is 9.60. The van der Waals surface area contributed by atoms with Gasteiger partial charge in [0.25, 0.3) is 11.8 Å². The molecule has 0 aliphatic carbocycles. The molecule has 3 aromatic carbocycles. The number of nitrogens with one attached hydrogen (secondary N) is 2. The Hall–Kier alpha value is -3.60. The molecule has 3 rings (SSSR count). The molecule has 0 saturated carbocycles. The van der Waals surface area contributed by atoms with E-state index < -0.39 is 6.10 Å². The first-order valence-electron chi connectivity index (χ1n) is 9.60. The molecule has 0 heterocycles. The fourth-order valence-corrected chi connectivity index (χ4v) is 2.79. The quantitative estimate of drug-likeness (QED) is 0.601. The lowest BCUT2D eigenvalue weighted by Crippen LogP contribution is -2.32. The Bertz CT molecular complexity index is 925. The van der Waals surface area contributed by atoms with Crippen LogP contribution in [0.3, 0.4) is 0 Å². The van der Waals surface area contributed by atoms with Gasteiger partial charge in [0.15, 0.2) is 6.10 Å². The van der Waals surface area contributed by atoms with Gasteiger partial charge in [0, 0.05) is 17.8 Å². The van der Waals surface area contributed by atoms with Crippen molar-refractivity contribution < 1.29 is 14.3 Å². The van der Waals surface area contributed by atoms with E-state index in [1.807, 2.05) is 67.6 Å². The van der Waals surface area contributed by atoms with Gasteiger partial charge in [-0.15, -0.1) is 0 Å². The molecule has 0 spiro atoms. The van der Waals surface area contributed by atoms with Crippen molar-refractivity contribution in [2.45, 2.75) is 26.0 Å². The molecule has 0 aromatic heterocycles. The maximum absolute atomic E-state index is 12.5. The van der Waals surface area contributed by atoms with Crippen molar-refractivity contribution in [1.29, 1.82) is 0 Å². The summed E-state index contributed by atoms with van der Waals surface area (Å²) >= 11 is 0. The van der Waals surface area contributed by atoms with Crippen LogP contribution < -0.4 is 15.4 Å². The summed E-state index contributed by atoms with van der Waals surface area (Å²) in [4.78, 5) is 24.8. The molecule has 29 heavy (non-hydrogen) atoms. The molecule has 0 radical (unpaired) electrons. The molecule has 1 unspecified atom stereocenters. The van der Waals surface area contributed by atoms with E-state index in [2.05, 4.69) is 10.6 Å². The molecule has 2 N–H and O–H groups in total. The summed E-state index contributed by atoms with van der Waals surface area (Å²) in [6.07, 6.45) is -0.0491. The lowest BCUT2D eigenvalue weighted by atomic mass is 10.1. The van der Waals surface area contributed by atoms with Crippen molar-refractivity contribution in [2.75, 3.05) is 5.32 Å². The molecule has 0 aliphatic heterocycles. The van der Waals surface area contributed by atoms with E-state index in [0.717, 1.165) is 5.56 Å². The summed E-state index contributed by atoms with van der Waals surface area (Å²) in [5.74, 6) is 0.267. The van der Waals surface area contributed by atoms with Crippen LogP contribution in [0.25, 0.3) is 0 Å². The van der Waals surface area contributed by atoms with Gasteiger partial charge in [-0.3, -0.25) is 9.59 Å². The summed E-state index contributed by atoms with van der Waals surface area (Å²) in [6.45, 7) is 2.36. The zero-order valence-corrected chi connectivity index (χ0v) is 16.3. The number of benzene rings is 3. The van der Waals surface area contributed by atoms with Crippen molar-refractivity contribution >= 4 is 17.5 Å². The number of hydrogen-bond acceptors (Lipinski definition) is 3. The van der Waals surface area contributed by atoms with Gasteiger partial charge in [-0.25, -0.2) is 0 Å². The third-order valence-electron chi connectivity index (χ3n) is 4.40. The van der Waals surface area contributed by atoms with Crippen molar-refractivity contribution in [2.24, 2.45) is 0 Å². The summed E-state index contributed by atoms with van der Waals surface area (Å²) in [6, 6.07) is 25.8. The van der Waals surface area contributed by atoms with Crippen LogP contribution in [0.5, 0.6) is 5.75 Å². The highest BCUT2D eigenvalue weighted by Gasteiger charge is 2.18. The van der Waals surface area contributed by atoms with Crippen LogP contribution >= 0.6 is 0 Å². The predicted octanol–water partition coefficient (Wildman–Crippen LogP) is 4.41. The monoisotopic (exact) mass is 388 g/mol. The van der Waals surface area contributed by atoms with Crippen molar-refractivity contribution in [1.82, 2.24) is 5.32 Å². The Balaban J connectivity index is 1.55. The fraction of sp³-hybridized carbons (Fsp3) is 0.167. The average molecular weight is 388 g/mol. The van der Waals surface area contributed by atoms with Gasteiger partial charge in [-0.2, -0.15) is 0 Å². The van der Waals surface area contributed by atoms with Gasteiger partial charge in [-0.1, -0.05) is 55.5 Å². The molecule has 5 nitrogen and oxygen atoms in total. The normalized spacial score (nSPS) is 11.3. The van der Waals surface area contributed by atoms with E-state index in [-0.39, 0.29) is 11.8 Å². The zero-order valence-electron chi connectivity index (χ0n) is 16.3. The van der Waals surface area contributed by atoms with E-state index in [1.54, 1.807) is 24.3 Å². The van der Waals surface area contributed by atoms with Crippen molar-refractivity contribution in [3.63, 3.8) is 0 Å². The van der Waals surface area contributed by atoms with Crippen LogP contribution in [-0.4, -0.2) is 17.9 Å². The minimum atomic E-state index is -0.591. The summed E-state index contributed by atoms with van der Waals surface area (Å²) in [5.41, 5.74) is 2.19. The first kappa shape index (κ1) is 20.1. The lowest BCUT2D eigenvalue weighted by Gasteiger charge is -2.17. The Kier molecular flexibility index (Phi) is 7.00. The van der Waals surface area contributed by atoms with Gasteiger partial charge in [-0.05, 0) is 48.4 Å². The number of carbonyl (C=O) groups is 2. The molecule has 0 bridgehead atoms. The SMILES string of the molecule is CCC(Oc1ccccc1)C(=O)Nc1ccc(C(=O)NCc2ccccc2)cc1. The molecular weight excluding hydrogens is 364 g/mol. The molecule has 0 fully saturated rings. The van der Waals surface area contributed by atoms with E-state index in [1.165, 1.54) is 0 Å².